The molecule has 0 aromatic carbocycles. The van der Waals surface area contributed by atoms with Crippen molar-refractivity contribution >= 4 is 0 Å². The van der Waals surface area contributed by atoms with Crippen LogP contribution in [-0.2, 0) is 0 Å². The van der Waals surface area contributed by atoms with Gasteiger partial charge in [-0.1, -0.05) is 52.4 Å². The largest absolute Gasteiger partial charge is 0.297 e. The average Bonchev–Trinajstić information content (AvgIpc) is 2.77. The summed E-state index contributed by atoms with van der Waals surface area (Å²) in [5, 5.41) is 0. The number of nitrogens with one attached hydrogen (secondary N) is 1. The Morgan fingerprint density at radius 1 is 1.10 bits per heavy atom. The summed E-state index contributed by atoms with van der Waals surface area (Å²) in [7, 11) is 0. The topological polar surface area (TPSA) is 41.3 Å². The maximum absolute atomic E-state index is 5.96. The second-order valence-electron chi connectivity index (χ2n) is 7.43. The van der Waals surface area contributed by atoms with E-state index in [1.807, 2.05) is 0 Å². The second kappa shape index (κ2) is 9.81. The highest BCUT2D eigenvalue weighted by Crippen LogP contribution is 2.29. The number of nitrogens with two attached hydrogens (primary N) is 1. The Hall–Kier alpha value is -0.120. The summed E-state index contributed by atoms with van der Waals surface area (Å²) in [6.45, 7) is 11.8. The first-order valence-corrected chi connectivity index (χ1v) is 9.27. The number of hydrazine groups is 1. The Labute approximate surface area is 133 Å². The van der Waals surface area contributed by atoms with E-state index in [2.05, 4.69) is 38.0 Å². The van der Waals surface area contributed by atoms with Gasteiger partial charge in [0.2, 0.25) is 0 Å². The van der Waals surface area contributed by atoms with E-state index in [9.17, 15) is 0 Å². The highest BCUT2D eigenvalue weighted by atomic mass is 15.3. The summed E-state index contributed by atoms with van der Waals surface area (Å²) in [4.78, 5) is 2.68. The zero-order valence-corrected chi connectivity index (χ0v) is 15.0. The van der Waals surface area contributed by atoms with Crippen LogP contribution < -0.4 is 11.3 Å². The smallest absolute Gasteiger partial charge is 0.0392 e. The lowest BCUT2D eigenvalue weighted by Gasteiger charge is -2.44. The molecule has 3 N–H and O–H groups in total. The molecule has 1 fully saturated rings. The van der Waals surface area contributed by atoms with Crippen molar-refractivity contribution in [2.75, 3.05) is 13.1 Å². The molecule has 1 aliphatic heterocycles. The van der Waals surface area contributed by atoms with Crippen LogP contribution in [-0.4, -0.2) is 29.6 Å². The fourth-order valence-electron chi connectivity index (χ4n) is 3.74. The monoisotopic (exact) mass is 297 g/mol. The van der Waals surface area contributed by atoms with Crippen LogP contribution in [0.1, 0.15) is 85.5 Å². The minimum atomic E-state index is 0.152. The summed E-state index contributed by atoms with van der Waals surface area (Å²) < 4.78 is 0. The predicted molar refractivity (Wildman–Crippen MR) is 93.2 cm³/mol. The van der Waals surface area contributed by atoms with Gasteiger partial charge < -0.3 is 0 Å². The molecule has 1 aliphatic rings. The van der Waals surface area contributed by atoms with Crippen LogP contribution in [0.2, 0.25) is 0 Å². The molecule has 1 rings (SSSR count). The maximum atomic E-state index is 5.96. The van der Waals surface area contributed by atoms with Gasteiger partial charge in [0.05, 0.1) is 0 Å². The lowest BCUT2D eigenvalue weighted by atomic mass is 9.83. The van der Waals surface area contributed by atoms with Crippen LogP contribution >= 0.6 is 0 Å². The summed E-state index contributed by atoms with van der Waals surface area (Å²) in [6.07, 6.45) is 11.9. The lowest BCUT2D eigenvalue weighted by molar-refractivity contribution is 0.0716. The van der Waals surface area contributed by atoms with Crippen LogP contribution in [0.4, 0.5) is 0 Å². The molecule has 126 valence electrons. The molecule has 0 amide bonds. The third kappa shape index (κ3) is 5.88. The van der Waals surface area contributed by atoms with Crippen molar-refractivity contribution in [3.63, 3.8) is 0 Å². The molecule has 0 aromatic heterocycles. The van der Waals surface area contributed by atoms with Crippen molar-refractivity contribution in [2.45, 2.75) is 97.1 Å². The molecule has 2 unspecified atom stereocenters. The standard InChI is InChI=1S/C18H39N3/c1-5-7-12-16(6-2)15-17(20-19)18(3,4)21-13-10-8-9-11-14-21/h16-17,20H,5-15,19H2,1-4H3. The third-order valence-electron chi connectivity index (χ3n) is 5.59. The van der Waals surface area contributed by atoms with Crippen molar-refractivity contribution in [3.05, 3.63) is 0 Å². The van der Waals surface area contributed by atoms with Crippen LogP contribution in [0.25, 0.3) is 0 Å². The normalized spacial score (nSPS) is 21.0. The molecular formula is C18H39N3. The number of nitrogens with zero attached hydrogens (tertiary/aromatic N) is 1. The molecule has 0 bridgehead atoms. The molecule has 0 radical (unpaired) electrons. The van der Waals surface area contributed by atoms with Gasteiger partial charge >= 0.3 is 0 Å². The first kappa shape index (κ1) is 18.9. The van der Waals surface area contributed by atoms with E-state index in [0.717, 1.165) is 5.92 Å². The van der Waals surface area contributed by atoms with Crippen molar-refractivity contribution in [3.8, 4) is 0 Å². The summed E-state index contributed by atoms with van der Waals surface area (Å²) in [5.74, 6) is 6.76. The number of likely N-dealkylation sites (tertiary alicyclic amines) is 1. The van der Waals surface area contributed by atoms with Gasteiger partial charge in [-0.15, -0.1) is 0 Å². The molecule has 21 heavy (non-hydrogen) atoms. The average molecular weight is 298 g/mol. The minimum Gasteiger partial charge on any atom is -0.297 e. The predicted octanol–water partition coefficient (Wildman–Crippen LogP) is 4.08. The van der Waals surface area contributed by atoms with Gasteiger partial charge in [0.25, 0.3) is 0 Å². The van der Waals surface area contributed by atoms with Crippen molar-refractivity contribution in [2.24, 2.45) is 11.8 Å². The molecule has 3 nitrogen and oxygen atoms in total. The third-order valence-corrected chi connectivity index (χ3v) is 5.59. The Kier molecular flexibility index (Phi) is 8.84. The molecule has 3 heteroatoms. The molecule has 1 heterocycles. The Bertz CT molecular complexity index is 257. The van der Waals surface area contributed by atoms with E-state index in [4.69, 9.17) is 5.84 Å². The zero-order valence-electron chi connectivity index (χ0n) is 15.0. The Morgan fingerprint density at radius 2 is 1.71 bits per heavy atom. The first-order valence-electron chi connectivity index (χ1n) is 9.27. The fraction of sp³-hybridized carbons (Fsp3) is 1.00. The minimum absolute atomic E-state index is 0.152. The molecular weight excluding hydrogens is 258 g/mol. The van der Waals surface area contributed by atoms with Crippen LogP contribution in [0.3, 0.4) is 0 Å². The highest BCUT2D eigenvalue weighted by Gasteiger charge is 2.35. The van der Waals surface area contributed by atoms with E-state index in [1.165, 1.54) is 70.9 Å². The molecule has 0 spiro atoms. The molecule has 2 atom stereocenters. The van der Waals surface area contributed by atoms with Crippen molar-refractivity contribution < 1.29 is 0 Å². The van der Waals surface area contributed by atoms with Crippen molar-refractivity contribution in [1.82, 2.24) is 10.3 Å². The van der Waals surface area contributed by atoms with Gasteiger partial charge in [-0.3, -0.25) is 16.2 Å². The summed E-state index contributed by atoms with van der Waals surface area (Å²) in [6, 6.07) is 0.386. The van der Waals surface area contributed by atoms with Crippen LogP contribution in [0, 0.1) is 5.92 Å². The molecule has 0 saturated carbocycles. The maximum Gasteiger partial charge on any atom is 0.0392 e. The quantitative estimate of drug-likeness (QED) is 0.498. The van der Waals surface area contributed by atoms with E-state index in [1.54, 1.807) is 0 Å². The van der Waals surface area contributed by atoms with Gasteiger partial charge in [-0.05, 0) is 52.1 Å². The Balaban J connectivity index is 2.65. The molecule has 0 aliphatic carbocycles. The summed E-state index contributed by atoms with van der Waals surface area (Å²) >= 11 is 0. The van der Waals surface area contributed by atoms with Crippen molar-refractivity contribution in [1.29, 1.82) is 0 Å². The van der Waals surface area contributed by atoms with Gasteiger partial charge in [0.15, 0.2) is 0 Å². The Morgan fingerprint density at radius 3 is 2.19 bits per heavy atom. The van der Waals surface area contributed by atoms with Crippen LogP contribution in [0.15, 0.2) is 0 Å². The fourth-order valence-corrected chi connectivity index (χ4v) is 3.74. The number of unbranched alkanes of at least 4 members (excludes halogenated alkanes) is 1. The van der Waals surface area contributed by atoms with Gasteiger partial charge in [0.1, 0.15) is 0 Å². The van der Waals surface area contributed by atoms with Gasteiger partial charge in [0, 0.05) is 11.6 Å². The first-order chi connectivity index (χ1) is 10.1. The number of hydrogen-bond acceptors (Lipinski definition) is 3. The van der Waals surface area contributed by atoms with E-state index >= 15 is 0 Å². The summed E-state index contributed by atoms with van der Waals surface area (Å²) in [5.41, 5.74) is 3.31. The molecule has 1 saturated heterocycles. The van der Waals surface area contributed by atoms with E-state index < -0.39 is 0 Å². The molecule has 0 aromatic rings. The highest BCUT2D eigenvalue weighted by molar-refractivity contribution is 4.94. The van der Waals surface area contributed by atoms with Gasteiger partial charge in [-0.2, -0.15) is 0 Å². The zero-order chi connectivity index (χ0) is 15.7. The number of rotatable bonds is 9. The number of hydrogen-bond donors (Lipinski definition) is 2. The SMILES string of the molecule is CCCCC(CC)CC(NN)C(C)(C)N1CCCCCC1. The van der Waals surface area contributed by atoms with E-state index in [-0.39, 0.29) is 5.54 Å². The van der Waals surface area contributed by atoms with Gasteiger partial charge in [-0.25, -0.2) is 0 Å². The lowest BCUT2D eigenvalue weighted by Crippen LogP contribution is -2.60. The van der Waals surface area contributed by atoms with E-state index in [0.29, 0.717) is 6.04 Å². The van der Waals surface area contributed by atoms with Crippen LogP contribution in [0.5, 0.6) is 0 Å². The second-order valence-corrected chi connectivity index (χ2v) is 7.43.